The maximum Gasteiger partial charge on any atom is 0.189 e. The lowest BCUT2D eigenvalue weighted by Gasteiger charge is -2.60. The zero-order chi connectivity index (χ0) is 41.4. The average molecular weight is 822 g/mol. The minimum atomic E-state index is -3.39. The van der Waals surface area contributed by atoms with Crippen molar-refractivity contribution in [3.05, 3.63) is 66.4 Å². The highest BCUT2D eigenvalue weighted by molar-refractivity contribution is 7.92. The second kappa shape index (κ2) is 17.2. The summed E-state index contributed by atoms with van der Waals surface area (Å²) in [5, 5.41) is 10.6. The Balaban J connectivity index is 0.888. The summed E-state index contributed by atoms with van der Waals surface area (Å²) in [6.07, 6.45) is 15.3. The molecule has 0 unspecified atom stereocenters. The number of sulfone groups is 1. The number of carbonyl (C=O) groups excluding carboxylic acids is 1. The molecule has 2 aromatic heterocycles. The van der Waals surface area contributed by atoms with Gasteiger partial charge in [-0.3, -0.25) is 4.79 Å². The molecule has 316 valence electrons. The molecule has 4 fully saturated rings. The Labute approximate surface area is 351 Å². The molecule has 0 radical (unpaired) electrons. The Morgan fingerprint density at radius 1 is 0.881 bits per heavy atom. The zero-order valence-electron chi connectivity index (χ0n) is 35.6. The van der Waals surface area contributed by atoms with E-state index in [1.54, 1.807) is 44.3 Å². The number of ether oxygens (including phenoxy) is 1. The summed E-state index contributed by atoms with van der Waals surface area (Å²) in [5.41, 5.74) is 5.35. The maximum atomic E-state index is 12.8. The third kappa shape index (κ3) is 8.28. The fourth-order valence-electron chi connectivity index (χ4n) is 11.5. The van der Waals surface area contributed by atoms with E-state index in [2.05, 4.69) is 41.8 Å². The molecule has 2 heterocycles. The maximum absolute atomic E-state index is 12.8. The van der Waals surface area contributed by atoms with Crippen LogP contribution in [0.2, 0.25) is 0 Å². The minimum absolute atomic E-state index is 0.266. The summed E-state index contributed by atoms with van der Waals surface area (Å²) in [4.78, 5) is 22.4. The van der Waals surface area contributed by atoms with E-state index in [0.29, 0.717) is 58.4 Å². The van der Waals surface area contributed by atoms with E-state index in [1.165, 1.54) is 44.1 Å². The second-order valence-electron chi connectivity index (χ2n) is 18.7. The first-order chi connectivity index (χ1) is 28.4. The van der Waals surface area contributed by atoms with Gasteiger partial charge in [0.1, 0.15) is 11.5 Å². The minimum Gasteiger partial charge on any atom is -0.378 e. The average Bonchev–Trinajstić information content (AvgIpc) is 3.86. The lowest BCUT2D eigenvalue weighted by atomic mass is 9.45. The van der Waals surface area contributed by atoms with Gasteiger partial charge in [0.05, 0.1) is 28.1 Å². The van der Waals surface area contributed by atoms with Crippen molar-refractivity contribution in [2.45, 2.75) is 128 Å². The SMILES string of the molecule is CNCc1ccc(-c2cc(-c3nc(-c4ccc(S(=O)(=O)C(C)C)cc4)cnc3NCCCCCO[C@H]3CC[C@H]4[C@@H]5CC[C@H]6CC(=O)CC[C@]6(C)[C@H]5CC[C@]34C)on2)cc1. The molecule has 0 saturated heterocycles. The van der Waals surface area contributed by atoms with Gasteiger partial charge in [0, 0.05) is 49.7 Å². The normalized spacial score (nSPS) is 28.0. The predicted octanol–water partition coefficient (Wildman–Crippen LogP) is 9.95. The number of ketones is 1. The van der Waals surface area contributed by atoms with Gasteiger partial charge in [-0.05, 0) is 137 Å². The second-order valence-corrected chi connectivity index (χ2v) is 21.2. The summed E-state index contributed by atoms with van der Waals surface area (Å²) >= 11 is 0. The molecule has 4 saturated carbocycles. The summed E-state index contributed by atoms with van der Waals surface area (Å²) in [7, 11) is -1.47. The molecular formula is C48H63N5O5S. The molecule has 0 spiro atoms. The zero-order valence-corrected chi connectivity index (χ0v) is 36.5. The molecule has 10 nitrogen and oxygen atoms in total. The van der Waals surface area contributed by atoms with Crippen molar-refractivity contribution in [1.82, 2.24) is 20.4 Å². The van der Waals surface area contributed by atoms with Crippen LogP contribution in [0.4, 0.5) is 5.82 Å². The first kappa shape index (κ1) is 41.8. The number of carbonyl (C=O) groups is 1. The number of fused-ring (bicyclic) bond motifs is 5. The van der Waals surface area contributed by atoms with E-state index in [9.17, 15) is 13.2 Å². The van der Waals surface area contributed by atoms with Crippen molar-refractivity contribution in [3.8, 4) is 34.0 Å². The van der Waals surface area contributed by atoms with Crippen LogP contribution in [-0.4, -0.2) is 60.9 Å². The van der Waals surface area contributed by atoms with Gasteiger partial charge in [0.2, 0.25) is 0 Å². The van der Waals surface area contributed by atoms with E-state index >= 15 is 0 Å². The van der Waals surface area contributed by atoms with Crippen LogP contribution in [0.3, 0.4) is 0 Å². The molecule has 0 bridgehead atoms. The number of nitrogens with one attached hydrogen (secondary N) is 2. The number of rotatable bonds is 15. The highest BCUT2D eigenvalue weighted by Crippen LogP contribution is 2.66. The van der Waals surface area contributed by atoms with Crippen LogP contribution in [0, 0.1) is 34.5 Å². The first-order valence-electron chi connectivity index (χ1n) is 22.2. The molecule has 4 aromatic rings. The van der Waals surface area contributed by atoms with Crippen LogP contribution in [0.15, 0.2) is 70.2 Å². The van der Waals surface area contributed by atoms with Crippen LogP contribution in [0.25, 0.3) is 34.0 Å². The van der Waals surface area contributed by atoms with E-state index in [4.69, 9.17) is 19.2 Å². The molecular weight excluding hydrogens is 759 g/mol. The number of Topliss-reactive ketones (excluding diaryl/α,β-unsaturated/α-hetero) is 1. The van der Waals surface area contributed by atoms with Crippen LogP contribution in [0.5, 0.6) is 0 Å². The molecule has 7 atom stereocenters. The van der Waals surface area contributed by atoms with Crippen molar-refractivity contribution in [1.29, 1.82) is 0 Å². The predicted molar refractivity (Wildman–Crippen MR) is 232 cm³/mol. The van der Waals surface area contributed by atoms with Gasteiger partial charge in [-0.2, -0.15) is 0 Å². The molecule has 0 amide bonds. The van der Waals surface area contributed by atoms with Crippen LogP contribution >= 0.6 is 0 Å². The smallest absolute Gasteiger partial charge is 0.189 e. The van der Waals surface area contributed by atoms with Crippen molar-refractivity contribution < 1.29 is 22.5 Å². The van der Waals surface area contributed by atoms with Gasteiger partial charge >= 0.3 is 0 Å². The molecule has 11 heteroatoms. The third-order valence-electron chi connectivity index (χ3n) is 15.1. The van der Waals surface area contributed by atoms with Gasteiger partial charge in [-0.25, -0.2) is 18.4 Å². The number of unbranched alkanes of at least 4 members (excludes halogenated alkanes) is 2. The number of aromatic nitrogens is 3. The lowest BCUT2D eigenvalue weighted by molar-refractivity contribution is -0.145. The topological polar surface area (TPSA) is 136 Å². The summed E-state index contributed by atoms with van der Waals surface area (Å²) in [6.45, 7) is 10.7. The van der Waals surface area contributed by atoms with Gasteiger partial charge < -0.3 is 19.9 Å². The van der Waals surface area contributed by atoms with Gasteiger partial charge in [-0.15, -0.1) is 0 Å². The molecule has 2 N–H and O–H groups in total. The molecule has 2 aromatic carbocycles. The van der Waals surface area contributed by atoms with E-state index < -0.39 is 15.1 Å². The van der Waals surface area contributed by atoms with Crippen LogP contribution in [0.1, 0.15) is 110 Å². The third-order valence-corrected chi connectivity index (χ3v) is 17.2. The number of benzene rings is 2. The highest BCUT2D eigenvalue weighted by Gasteiger charge is 2.60. The molecule has 4 aliphatic rings. The standard InChI is InChI=1S/C48H63N5O5S/c1-31(2)59(55,56)37-16-13-34(14-17-37)42-30-51-46(45(52-42)43-28-41(53-58-43)33-11-9-32(10-12-33)29-49-5)50-25-7-6-8-26-57-44-20-19-39-38-18-15-35-27-36(54)21-23-47(35,3)40(38)22-24-48(39,44)4/h9-14,16-17,28,30-31,35,38-40,44,49H,6-8,15,18-27,29H2,1-5H3,(H,50,51)/t35-,38-,39-,40-,44-,47-,48-/m0/s1. The number of hydrogen-bond acceptors (Lipinski definition) is 10. The fraction of sp³-hybridized carbons (Fsp3) is 0.583. The van der Waals surface area contributed by atoms with Crippen molar-refractivity contribution in [2.75, 3.05) is 25.5 Å². The lowest BCUT2D eigenvalue weighted by Crippen LogP contribution is -2.54. The number of nitrogens with zero attached hydrogens (tertiary/aromatic N) is 3. The quantitative estimate of drug-likeness (QED) is 0.112. The van der Waals surface area contributed by atoms with Gasteiger partial charge in [-0.1, -0.05) is 55.4 Å². The summed E-state index contributed by atoms with van der Waals surface area (Å²) in [6, 6.07) is 16.9. The van der Waals surface area contributed by atoms with Crippen LogP contribution in [-0.2, 0) is 25.9 Å². The van der Waals surface area contributed by atoms with Crippen molar-refractivity contribution in [2.24, 2.45) is 34.5 Å². The molecule has 59 heavy (non-hydrogen) atoms. The fourth-order valence-corrected chi connectivity index (χ4v) is 12.6. The highest BCUT2D eigenvalue weighted by atomic mass is 32.2. The Bertz CT molecular complexity index is 2200. The summed E-state index contributed by atoms with van der Waals surface area (Å²) < 4.78 is 38.2. The monoisotopic (exact) mass is 821 g/mol. The molecule has 4 aliphatic carbocycles. The Morgan fingerprint density at radius 2 is 1.63 bits per heavy atom. The molecule has 8 rings (SSSR count). The first-order valence-corrected chi connectivity index (χ1v) is 23.7. The van der Waals surface area contributed by atoms with Gasteiger partial charge in [0.15, 0.2) is 27.1 Å². The Hall–Kier alpha value is -3.93. The van der Waals surface area contributed by atoms with E-state index in [-0.39, 0.29) is 10.3 Å². The largest absolute Gasteiger partial charge is 0.378 e. The van der Waals surface area contributed by atoms with Gasteiger partial charge in [0.25, 0.3) is 0 Å². The van der Waals surface area contributed by atoms with Crippen molar-refractivity contribution >= 4 is 21.4 Å². The number of anilines is 1. The Kier molecular flexibility index (Phi) is 12.2. The van der Waals surface area contributed by atoms with Crippen molar-refractivity contribution in [3.63, 3.8) is 0 Å². The summed E-state index contributed by atoms with van der Waals surface area (Å²) in [5.74, 6) is 4.51. The number of hydrogen-bond donors (Lipinski definition) is 2. The van der Waals surface area contributed by atoms with E-state index in [0.717, 1.165) is 80.6 Å². The molecule has 0 aliphatic heterocycles. The van der Waals surface area contributed by atoms with E-state index in [1.807, 2.05) is 25.2 Å². The van der Waals surface area contributed by atoms with Crippen LogP contribution < -0.4 is 10.6 Å². The Morgan fingerprint density at radius 3 is 2.39 bits per heavy atom.